The average molecular weight is 750 g/mol. The lowest BCUT2D eigenvalue weighted by Crippen LogP contribution is -2.34. The molecule has 0 heterocycles. The monoisotopic (exact) mass is 750 g/mol. The fourth-order valence-electron chi connectivity index (χ4n) is 6.08. The van der Waals surface area contributed by atoms with E-state index in [9.17, 15) is 19.0 Å². The van der Waals surface area contributed by atoms with E-state index in [1.54, 1.807) is 0 Å². The lowest BCUT2D eigenvalue weighted by Gasteiger charge is -2.20. The van der Waals surface area contributed by atoms with Gasteiger partial charge in [0.1, 0.15) is 12.1 Å². The lowest BCUT2D eigenvalue weighted by atomic mass is 10.0. The molecule has 0 rings (SSSR count). The number of hydrogen-bond donors (Lipinski definition) is 3. The molecule has 0 radical (unpaired) electrons. The van der Waals surface area contributed by atoms with Crippen molar-refractivity contribution in [2.75, 3.05) is 26.4 Å². The van der Waals surface area contributed by atoms with Crippen LogP contribution in [-0.4, -0.2) is 60.5 Å². The number of carboxylic acid groups (broad SMARTS) is 1. The van der Waals surface area contributed by atoms with Crippen molar-refractivity contribution in [3.8, 4) is 0 Å². The van der Waals surface area contributed by atoms with Gasteiger partial charge in [-0.25, -0.2) is 4.57 Å². The standard InChI is InChI=1S/C40H80NO9P/c1-3-5-7-9-11-13-14-15-16-17-18-19-20-21-22-23-24-26-28-30-32-39(42)50-37(35-48-51(45,46)49-36-38(41)40(43)44)34-47-33-31-29-27-25-12-10-8-6-4-2/h37-38H,3-36,41H2,1-2H3,(H,43,44)(H,45,46). The van der Waals surface area contributed by atoms with Gasteiger partial charge in [-0.3, -0.25) is 18.6 Å². The Balaban J connectivity index is 4.10. The van der Waals surface area contributed by atoms with Gasteiger partial charge >= 0.3 is 19.8 Å². The van der Waals surface area contributed by atoms with E-state index >= 15 is 0 Å². The molecule has 51 heavy (non-hydrogen) atoms. The van der Waals surface area contributed by atoms with Crippen LogP contribution in [0.5, 0.6) is 0 Å². The highest BCUT2D eigenvalue weighted by molar-refractivity contribution is 7.47. The molecule has 0 amide bonds. The van der Waals surface area contributed by atoms with Gasteiger partial charge in [0.15, 0.2) is 0 Å². The summed E-state index contributed by atoms with van der Waals surface area (Å²) in [7, 11) is -4.60. The van der Waals surface area contributed by atoms with Crippen LogP contribution < -0.4 is 5.73 Å². The predicted octanol–water partition coefficient (Wildman–Crippen LogP) is 11.2. The van der Waals surface area contributed by atoms with Crippen LogP contribution in [0.25, 0.3) is 0 Å². The zero-order valence-corrected chi connectivity index (χ0v) is 33.9. The number of esters is 1. The molecule has 0 saturated heterocycles. The van der Waals surface area contributed by atoms with Crippen LogP contribution in [0.4, 0.5) is 0 Å². The van der Waals surface area contributed by atoms with Crippen molar-refractivity contribution in [1.82, 2.24) is 0 Å². The van der Waals surface area contributed by atoms with Gasteiger partial charge in [0, 0.05) is 13.0 Å². The smallest absolute Gasteiger partial charge is 0.472 e. The number of phosphoric acid groups is 1. The van der Waals surface area contributed by atoms with E-state index in [0.29, 0.717) is 6.61 Å². The van der Waals surface area contributed by atoms with E-state index < -0.39 is 45.1 Å². The van der Waals surface area contributed by atoms with Crippen LogP contribution in [0.15, 0.2) is 0 Å². The molecule has 10 nitrogen and oxygen atoms in total. The fraction of sp³-hybridized carbons (Fsp3) is 0.950. The molecule has 0 bridgehead atoms. The van der Waals surface area contributed by atoms with E-state index in [1.807, 2.05) is 0 Å². The Morgan fingerprint density at radius 1 is 0.549 bits per heavy atom. The van der Waals surface area contributed by atoms with Crippen LogP contribution in [-0.2, 0) is 32.7 Å². The number of aliphatic carboxylic acids is 1. The van der Waals surface area contributed by atoms with Crippen LogP contribution in [0.2, 0.25) is 0 Å². The predicted molar refractivity (Wildman–Crippen MR) is 208 cm³/mol. The Morgan fingerprint density at radius 3 is 1.29 bits per heavy atom. The van der Waals surface area contributed by atoms with E-state index in [0.717, 1.165) is 38.5 Å². The van der Waals surface area contributed by atoms with Crippen molar-refractivity contribution in [2.45, 2.75) is 219 Å². The molecule has 0 saturated carbocycles. The summed E-state index contributed by atoms with van der Waals surface area (Å²) in [6.45, 7) is 3.90. The van der Waals surface area contributed by atoms with Gasteiger partial charge in [0.2, 0.25) is 0 Å². The van der Waals surface area contributed by atoms with Gasteiger partial charge in [-0.2, -0.15) is 0 Å². The maximum absolute atomic E-state index is 12.6. The number of hydrogen-bond acceptors (Lipinski definition) is 8. The minimum atomic E-state index is -4.60. The third kappa shape index (κ3) is 37.1. The second-order valence-electron chi connectivity index (χ2n) is 14.5. The molecule has 304 valence electrons. The summed E-state index contributed by atoms with van der Waals surface area (Å²) in [5.41, 5.74) is 5.34. The summed E-state index contributed by atoms with van der Waals surface area (Å²) < 4.78 is 33.2. The Hall–Kier alpha value is -1.03. The van der Waals surface area contributed by atoms with E-state index in [4.69, 9.17) is 29.4 Å². The molecule has 4 N–H and O–H groups in total. The summed E-state index contributed by atoms with van der Waals surface area (Å²) >= 11 is 0. The molecule has 0 aromatic rings. The third-order valence-corrected chi connectivity index (χ3v) is 10.3. The van der Waals surface area contributed by atoms with Gasteiger partial charge in [0.25, 0.3) is 0 Å². The average Bonchev–Trinajstić information content (AvgIpc) is 3.10. The summed E-state index contributed by atoms with van der Waals surface area (Å²) in [5.74, 6) is -1.77. The molecule has 0 fully saturated rings. The number of nitrogens with two attached hydrogens (primary N) is 1. The summed E-state index contributed by atoms with van der Waals surface area (Å²) in [6, 6.07) is -1.47. The zero-order valence-electron chi connectivity index (χ0n) is 33.0. The summed E-state index contributed by atoms with van der Waals surface area (Å²) in [4.78, 5) is 33.4. The second kappa shape index (κ2) is 37.3. The van der Waals surface area contributed by atoms with Crippen molar-refractivity contribution in [3.63, 3.8) is 0 Å². The first-order chi connectivity index (χ1) is 24.7. The molecule has 0 aromatic heterocycles. The van der Waals surface area contributed by atoms with Crippen LogP contribution in [0, 0.1) is 0 Å². The van der Waals surface area contributed by atoms with Crippen molar-refractivity contribution in [1.29, 1.82) is 0 Å². The Labute approximate surface area is 312 Å². The Bertz CT molecular complexity index is 832. The van der Waals surface area contributed by atoms with Crippen molar-refractivity contribution in [2.24, 2.45) is 5.73 Å². The molecule has 0 aliphatic carbocycles. The largest absolute Gasteiger partial charge is 0.480 e. The van der Waals surface area contributed by atoms with Gasteiger partial charge < -0.3 is 25.2 Å². The van der Waals surface area contributed by atoms with Crippen molar-refractivity contribution >= 4 is 19.8 Å². The zero-order chi connectivity index (χ0) is 37.7. The van der Waals surface area contributed by atoms with Gasteiger partial charge in [-0.05, 0) is 12.8 Å². The molecular formula is C40H80NO9P. The summed E-state index contributed by atoms with van der Waals surface area (Å²) in [5, 5.41) is 8.87. The third-order valence-electron chi connectivity index (χ3n) is 9.39. The SMILES string of the molecule is CCCCCCCCCCCCCCCCCCCCCCC(=O)OC(COCCCCCCCCCCC)COP(=O)(O)OCC(N)C(=O)O. The van der Waals surface area contributed by atoms with E-state index in [1.165, 1.54) is 148 Å². The number of carbonyl (C=O) groups is 2. The molecule has 11 heteroatoms. The van der Waals surface area contributed by atoms with E-state index in [2.05, 4.69) is 13.8 Å². The fourth-order valence-corrected chi connectivity index (χ4v) is 6.85. The minimum absolute atomic E-state index is 0.0245. The molecular weight excluding hydrogens is 669 g/mol. The van der Waals surface area contributed by atoms with Crippen molar-refractivity contribution < 1.29 is 42.7 Å². The lowest BCUT2D eigenvalue weighted by molar-refractivity contribution is -0.154. The highest BCUT2D eigenvalue weighted by atomic mass is 31.2. The quantitative estimate of drug-likeness (QED) is 0.0312. The number of phosphoric ester groups is 1. The normalized spacial score (nSPS) is 14.0. The number of ether oxygens (including phenoxy) is 2. The summed E-state index contributed by atoms with van der Waals surface area (Å²) in [6.07, 6.45) is 35.9. The van der Waals surface area contributed by atoms with Crippen LogP contribution in [0.3, 0.4) is 0 Å². The molecule has 0 aromatic carbocycles. The number of carboxylic acids is 1. The molecule has 3 unspecified atom stereocenters. The Morgan fingerprint density at radius 2 is 0.902 bits per heavy atom. The maximum Gasteiger partial charge on any atom is 0.472 e. The molecule has 0 aliphatic heterocycles. The topological polar surface area (TPSA) is 155 Å². The van der Waals surface area contributed by atoms with Gasteiger partial charge in [0.05, 0.1) is 19.8 Å². The van der Waals surface area contributed by atoms with Gasteiger partial charge in [-0.15, -0.1) is 0 Å². The molecule has 3 atom stereocenters. The molecule has 0 spiro atoms. The van der Waals surface area contributed by atoms with Gasteiger partial charge in [-0.1, -0.05) is 187 Å². The molecule has 0 aliphatic rings. The first-order valence-electron chi connectivity index (χ1n) is 21.1. The number of carbonyl (C=O) groups excluding carboxylic acids is 1. The highest BCUT2D eigenvalue weighted by Gasteiger charge is 2.27. The van der Waals surface area contributed by atoms with Crippen molar-refractivity contribution in [3.05, 3.63) is 0 Å². The highest BCUT2D eigenvalue weighted by Crippen LogP contribution is 2.43. The van der Waals surface area contributed by atoms with E-state index in [-0.39, 0.29) is 13.0 Å². The minimum Gasteiger partial charge on any atom is -0.480 e. The number of rotatable bonds is 41. The van der Waals surface area contributed by atoms with Crippen LogP contribution >= 0.6 is 7.82 Å². The first-order valence-corrected chi connectivity index (χ1v) is 22.6. The maximum atomic E-state index is 12.6. The Kier molecular flexibility index (Phi) is 36.5. The second-order valence-corrected chi connectivity index (χ2v) is 15.9. The number of unbranched alkanes of at least 4 members (excludes halogenated alkanes) is 27. The first kappa shape index (κ1) is 50.0. The van der Waals surface area contributed by atoms with Crippen LogP contribution in [0.1, 0.15) is 206 Å².